The summed E-state index contributed by atoms with van der Waals surface area (Å²) in [7, 11) is 0. The standard InChI is InChI=1S/C12H16NO2.2C4H9.Sn/c14-11-7-3-1-5-9(11)13-10-6-2-4-8-12(10)15;2*1-3-4-2;/h1,3,5,7,10,12-14H,2,4,6,8H2;2*1,3-4H2,2H3;/q-1;;;+2/p-1. The van der Waals surface area contributed by atoms with Crippen LogP contribution in [0.4, 0.5) is 5.69 Å². The van der Waals surface area contributed by atoms with Crippen molar-refractivity contribution in [1.82, 2.24) is 0 Å². The van der Waals surface area contributed by atoms with E-state index < -0.39 is 19.2 Å². The maximum atomic E-state index is 6.97. The van der Waals surface area contributed by atoms with Crippen molar-refractivity contribution in [2.75, 3.05) is 5.32 Å². The Morgan fingerprint density at radius 1 is 1.04 bits per heavy atom. The number of nitrogens with one attached hydrogen (secondary N) is 1. The van der Waals surface area contributed by atoms with Gasteiger partial charge in [0.05, 0.1) is 0 Å². The molecule has 1 fully saturated rings. The fourth-order valence-corrected chi connectivity index (χ4v) is 15.2. The molecular formula is C20H33NO2Sn. The molecule has 1 aliphatic carbocycles. The van der Waals surface area contributed by atoms with Crippen LogP contribution in [0.5, 0.6) is 5.75 Å². The molecule has 3 nitrogen and oxygen atoms in total. The van der Waals surface area contributed by atoms with E-state index in [1.807, 2.05) is 0 Å². The van der Waals surface area contributed by atoms with Gasteiger partial charge in [-0.1, -0.05) is 0 Å². The van der Waals surface area contributed by atoms with Gasteiger partial charge in [0, 0.05) is 0 Å². The maximum absolute atomic E-state index is 6.97. The van der Waals surface area contributed by atoms with Gasteiger partial charge in [0.25, 0.3) is 0 Å². The van der Waals surface area contributed by atoms with Crippen molar-refractivity contribution in [3.63, 3.8) is 0 Å². The molecule has 1 aromatic carbocycles. The third kappa shape index (κ3) is 4.40. The van der Waals surface area contributed by atoms with E-state index in [2.05, 4.69) is 43.4 Å². The van der Waals surface area contributed by atoms with Crippen molar-refractivity contribution in [1.29, 1.82) is 0 Å². The third-order valence-electron chi connectivity index (χ3n) is 5.42. The molecule has 24 heavy (non-hydrogen) atoms. The van der Waals surface area contributed by atoms with Crippen LogP contribution in [-0.4, -0.2) is 31.4 Å². The zero-order valence-electron chi connectivity index (χ0n) is 15.4. The topological polar surface area (TPSA) is 30.5 Å². The van der Waals surface area contributed by atoms with Gasteiger partial charge < -0.3 is 0 Å². The molecule has 0 saturated heterocycles. The first kappa shape index (κ1) is 18.4. The zero-order chi connectivity index (χ0) is 16.8. The van der Waals surface area contributed by atoms with Crippen molar-refractivity contribution in [2.45, 2.75) is 86.2 Å². The predicted octanol–water partition coefficient (Wildman–Crippen LogP) is 5.86. The molecule has 0 aromatic heterocycles. The Morgan fingerprint density at radius 3 is 2.50 bits per heavy atom. The van der Waals surface area contributed by atoms with Gasteiger partial charge in [-0.25, -0.2) is 0 Å². The fraction of sp³-hybridized carbons (Fsp3) is 0.700. The third-order valence-corrected chi connectivity index (χ3v) is 15.6. The molecule has 2 atom stereocenters. The van der Waals surface area contributed by atoms with Crippen molar-refractivity contribution >= 4 is 24.9 Å². The normalized spacial score (nSPS) is 25.4. The number of hydrogen-bond donors (Lipinski definition) is 1. The molecular weight excluding hydrogens is 405 g/mol. The molecule has 0 amide bonds. The number of benzene rings is 1. The van der Waals surface area contributed by atoms with Crippen LogP contribution in [-0.2, 0) is 3.07 Å². The van der Waals surface area contributed by atoms with E-state index in [4.69, 9.17) is 6.15 Å². The van der Waals surface area contributed by atoms with E-state index in [9.17, 15) is 0 Å². The van der Waals surface area contributed by atoms with Gasteiger partial charge in [-0.3, -0.25) is 0 Å². The van der Waals surface area contributed by atoms with Gasteiger partial charge in [0.1, 0.15) is 0 Å². The number of hydrogen-bond acceptors (Lipinski definition) is 3. The van der Waals surface area contributed by atoms with E-state index in [1.54, 1.807) is 0 Å². The van der Waals surface area contributed by atoms with Gasteiger partial charge in [-0.2, -0.15) is 0 Å². The Labute approximate surface area is 152 Å². The molecule has 1 heterocycles. The molecule has 0 spiro atoms. The summed E-state index contributed by atoms with van der Waals surface area (Å²) >= 11 is -3.10. The molecule has 1 N–H and O–H groups in total. The molecule has 134 valence electrons. The summed E-state index contributed by atoms with van der Waals surface area (Å²) in [6.45, 7) is 4.56. The molecule has 2 aliphatic rings. The van der Waals surface area contributed by atoms with E-state index in [-0.39, 0.29) is 0 Å². The number of anilines is 1. The van der Waals surface area contributed by atoms with Gasteiger partial charge in [0.15, 0.2) is 0 Å². The second kappa shape index (κ2) is 8.79. The minimum atomic E-state index is -3.10. The monoisotopic (exact) mass is 439 g/mol. The molecule has 3 rings (SSSR count). The van der Waals surface area contributed by atoms with Crippen LogP contribution in [0.3, 0.4) is 0 Å². The van der Waals surface area contributed by atoms with E-state index in [0.717, 1.165) is 5.75 Å². The fourth-order valence-electron chi connectivity index (χ4n) is 4.02. The Morgan fingerprint density at radius 2 is 1.75 bits per heavy atom. The van der Waals surface area contributed by atoms with Gasteiger partial charge in [0.2, 0.25) is 0 Å². The van der Waals surface area contributed by atoms with Crippen molar-refractivity contribution in [2.24, 2.45) is 0 Å². The van der Waals surface area contributed by atoms with Crippen molar-refractivity contribution in [3.8, 4) is 5.75 Å². The Bertz CT molecular complexity index is 514. The zero-order valence-corrected chi connectivity index (χ0v) is 18.2. The average Bonchev–Trinajstić information content (AvgIpc) is 2.60. The van der Waals surface area contributed by atoms with Crippen LogP contribution in [0.2, 0.25) is 8.87 Å². The number of para-hydroxylation sites is 2. The van der Waals surface area contributed by atoms with Gasteiger partial charge in [-0.15, -0.1) is 0 Å². The molecule has 2 unspecified atom stereocenters. The first-order chi connectivity index (χ1) is 11.8. The molecule has 1 aromatic rings. The molecule has 1 aliphatic heterocycles. The first-order valence-electron chi connectivity index (χ1n) is 9.99. The summed E-state index contributed by atoms with van der Waals surface area (Å²) in [5, 5.41) is 3.73. The first-order valence-corrected chi connectivity index (χ1v) is 16.4. The Balaban J connectivity index is 1.93. The van der Waals surface area contributed by atoms with Crippen LogP contribution in [0.25, 0.3) is 0 Å². The molecule has 0 bridgehead atoms. The van der Waals surface area contributed by atoms with Crippen LogP contribution < -0.4 is 8.39 Å². The van der Waals surface area contributed by atoms with E-state index >= 15 is 0 Å². The second-order valence-corrected chi connectivity index (χ2v) is 16.7. The minimum absolute atomic E-state index is 0.358. The number of unbranched alkanes of at least 4 members (excludes halogenated alkanes) is 2. The summed E-state index contributed by atoms with van der Waals surface area (Å²) in [6, 6.07) is 8.99. The summed E-state index contributed by atoms with van der Waals surface area (Å²) in [4.78, 5) is 0. The summed E-state index contributed by atoms with van der Waals surface area (Å²) in [6.07, 6.45) is 10.3. The van der Waals surface area contributed by atoms with Crippen LogP contribution in [0.1, 0.15) is 65.2 Å². The summed E-state index contributed by atoms with van der Waals surface area (Å²) in [5.41, 5.74) is 1.19. The van der Waals surface area contributed by atoms with Crippen LogP contribution in [0, 0.1) is 0 Å². The average molecular weight is 438 g/mol. The van der Waals surface area contributed by atoms with Crippen molar-refractivity contribution in [3.05, 3.63) is 24.3 Å². The summed E-state index contributed by atoms with van der Waals surface area (Å²) in [5.74, 6) is 1.05. The summed E-state index contributed by atoms with van der Waals surface area (Å²) < 4.78 is 16.2. The Kier molecular flexibility index (Phi) is 6.73. The van der Waals surface area contributed by atoms with Gasteiger partial charge in [-0.05, 0) is 0 Å². The molecule has 1 saturated carbocycles. The second-order valence-electron chi connectivity index (χ2n) is 7.41. The van der Waals surface area contributed by atoms with E-state index in [1.165, 1.54) is 65.9 Å². The van der Waals surface area contributed by atoms with Crippen LogP contribution >= 0.6 is 0 Å². The SMILES string of the molecule is CCC[CH2][Sn]1([CH2]CCC)[O]c2ccccc2NC2CCCCC2[O]1. The predicted molar refractivity (Wildman–Crippen MR) is 103 cm³/mol. The van der Waals surface area contributed by atoms with E-state index in [0.29, 0.717) is 12.1 Å². The molecule has 0 radical (unpaired) electrons. The number of fused-ring (bicyclic) bond motifs is 2. The van der Waals surface area contributed by atoms with Gasteiger partial charge >= 0.3 is 153 Å². The van der Waals surface area contributed by atoms with Crippen LogP contribution in [0.15, 0.2) is 24.3 Å². The number of rotatable bonds is 6. The Hall–Kier alpha value is -0.421. The quantitative estimate of drug-likeness (QED) is 0.565. The molecule has 4 heteroatoms. The van der Waals surface area contributed by atoms with Crippen molar-refractivity contribution < 1.29 is 6.15 Å².